The standard InChI is InChI=1S/C29H29N3/c1-3-12-24(13-4-1)22-31(23-25-14-5-2-6-15-25)20-11-21-32-28-18-9-7-16-26(28)30-27-17-8-10-19-29(27)32/h1-10,12-19,30H,11,20-23H2. The number of nitrogens with one attached hydrogen (secondary N) is 1. The number of fused-ring (bicyclic) bond motifs is 2. The van der Waals surface area contributed by atoms with E-state index in [2.05, 4.69) is 124 Å². The quantitative estimate of drug-likeness (QED) is 0.332. The summed E-state index contributed by atoms with van der Waals surface area (Å²) in [5, 5.41) is 3.58. The number of anilines is 4. The molecule has 4 aromatic carbocycles. The van der Waals surface area contributed by atoms with Gasteiger partial charge < -0.3 is 10.2 Å². The number of hydrogen-bond donors (Lipinski definition) is 1. The topological polar surface area (TPSA) is 18.5 Å². The average Bonchev–Trinajstić information content (AvgIpc) is 2.85. The van der Waals surface area contributed by atoms with Crippen LogP contribution in [-0.2, 0) is 13.1 Å². The van der Waals surface area contributed by atoms with Crippen LogP contribution in [-0.4, -0.2) is 18.0 Å². The van der Waals surface area contributed by atoms with E-state index in [-0.39, 0.29) is 0 Å². The van der Waals surface area contributed by atoms with E-state index in [1.165, 1.54) is 33.9 Å². The molecule has 0 bridgehead atoms. The smallest absolute Gasteiger partial charge is 0.0650 e. The molecule has 32 heavy (non-hydrogen) atoms. The van der Waals surface area contributed by atoms with Gasteiger partial charge in [-0.05, 0) is 41.8 Å². The van der Waals surface area contributed by atoms with Gasteiger partial charge in [-0.3, -0.25) is 4.90 Å². The van der Waals surface area contributed by atoms with Crippen LogP contribution in [0.1, 0.15) is 17.5 Å². The average molecular weight is 420 g/mol. The summed E-state index contributed by atoms with van der Waals surface area (Å²) in [6, 6.07) is 38.8. The second-order valence-electron chi connectivity index (χ2n) is 8.35. The molecule has 4 aromatic rings. The molecule has 0 radical (unpaired) electrons. The fraction of sp³-hybridized carbons (Fsp3) is 0.172. The molecule has 3 heteroatoms. The molecule has 1 heterocycles. The number of para-hydroxylation sites is 4. The molecule has 160 valence electrons. The molecule has 0 aromatic heterocycles. The van der Waals surface area contributed by atoms with Gasteiger partial charge in [-0.2, -0.15) is 0 Å². The van der Waals surface area contributed by atoms with Gasteiger partial charge in [-0.25, -0.2) is 0 Å². The Morgan fingerprint density at radius 3 is 1.56 bits per heavy atom. The Kier molecular flexibility index (Phi) is 6.18. The van der Waals surface area contributed by atoms with E-state index in [1.54, 1.807) is 0 Å². The Morgan fingerprint density at radius 2 is 1.03 bits per heavy atom. The minimum atomic E-state index is 0.963. The first-order valence-corrected chi connectivity index (χ1v) is 11.4. The van der Waals surface area contributed by atoms with E-state index in [1.807, 2.05) is 0 Å². The predicted molar refractivity (Wildman–Crippen MR) is 135 cm³/mol. The highest BCUT2D eigenvalue weighted by atomic mass is 15.2. The first-order valence-electron chi connectivity index (χ1n) is 11.4. The van der Waals surface area contributed by atoms with Gasteiger partial charge in [0, 0.05) is 26.2 Å². The Labute approximate surface area is 190 Å². The molecule has 0 saturated heterocycles. The van der Waals surface area contributed by atoms with Crippen molar-refractivity contribution < 1.29 is 0 Å². The zero-order valence-corrected chi connectivity index (χ0v) is 18.3. The Balaban J connectivity index is 1.32. The van der Waals surface area contributed by atoms with Crippen LogP contribution in [0, 0.1) is 0 Å². The summed E-state index contributed by atoms with van der Waals surface area (Å²) in [5.74, 6) is 0. The summed E-state index contributed by atoms with van der Waals surface area (Å²) in [4.78, 5) is 5.02. The van der Waals surface area contributed by atoms with Crippen molar-refractivity contribution in [2.45, 2.75) is 19.5 Å². The molecule has 0 saturated carbocycles. The first kappa shape index (κ1) is 20.3. The predicted octanol–water partition coefficient (Wildman–Crippen LogP) is 6.97. The lowest BCUT2D eigenvalue weighted by molar-refractivity contribution is 0.255. The molecule has 3 nitrogen and oxygen atoms in total. The van der Waals surface area contributed by atoms with Gasteiger partial charge in [0.1, 0.15) is 0 Å². The van der Waals surface area contributed by atoms with Crippen LogP contribution in [0.25, 0.3) is 0 Å². The maximum absolute atomic E-state index is 3.58. The van der Waals surface area contributed by atoms with Crippen molar-refractivity contribution in [2.24, 2.45) is 0 Å². The van der Waals surface area contributed by atoms with Crippen LogP contribution in [0.5, 0.6) is 0 Å². The number of rotatable bonds is 8. The minimum absolute atomic E-state index is 0.963. The Hall–Kier alpha value is -3.56. The fourth-order valence-corrected chi connectivity index (χ4v) is 4.49. The normalized spacial score (nSPS) is 12.2. The molecule has 0 amide bonds. The van der Waals surface area contributed by atoms with E-state index >= 15 is 0 Å². The van der Waals surface area contributed by atoms with Gasteiger partial charge in [0.2, 0.25) is 0 Å². The minimum Gasteiger partial charge on any atom is -0.352 e. The first-order chi connectivity index (χ1) is 15.9. The van der Waals surface area contributed by atoms with E-state index < -0.39 is 0 Å². The lowest BCUT2D eigenvalue weighted by Gasteiger charge is -2.34. The lowest BCUT2D eigenvalue weighted by Crippen LogP contribution is -2.29. The summed E-state index contributed by atoms with van der Waals surface area (Å²) < 4.78 is 0. The molecule has 0 atom stereocenters. The van der Waals surface area contributed by atoms with Crippen molar-refractivity contribution in [3.63, 3.8) is 0 Å². The van der Waals surface area contributed by atoms with Crippen LogP contribution >= 0.6 is 0 Å². The fourth-order valence-electron chi connectivity index (χ4n) is 4.49. The SMILES string of the molecule is c1ccc(CN(CCCN2c3ccccc3Nc3ccccc32)Cc2ccccc2)cc1. The highest BCUT2D eigenvalue weighted by Gasteiger charge is 2.21. The van der Waals surface area contributed by atoms with Gasteiger partial charge in [0.25, 0.3) is 0 Å². The van der Waals surface area contributed by atoms with Crippen molar-refractivity contribution in [1.82, 2.24) is 4.90 Å². The van der Waals surface area contributed by atoms with Gasteiger partial charge in [0.05, 0.1) is 22.7 Å². The molecular weight excluding hydrogens is 390 g/mol. The van der Waals surface area contributed by atoms with Crippen molar-refractivity contribution in [1.29, 1.82) is 0 Å². The Bertz CT molecular complexity index is 1050. The molecule has 0 fully saturated rings. The van der Waals surface area contributed by atoms with E-state index in [9.17, 15) is 0 Å². The van der Waals surface area contributed by atoms with Crippen LogP contribution in [0.4, 0.5) is 22.7 Å². The van der Waals surface area contributed by atoms with Crippen molar-refractivity contribution >= 4 is 22.7 Å². The van der Waals surface area contributed by atoms with E-state index in [4.69, 9.17) is 0 Å². The molecule has 1 N–H and O–H groups in total. The third kappa shape index (κ3) is 4.68. The van der Waals surface area contributed by atoms with Gasteiger partial charge >= 0.3 is 0 Å². The third-order valence-electron chi connectivity index (χ3n) is 6.01. The molecule has 0 spiro atoms. The second kappa shape index (κ2) is 9.71. The molecular formula is C29H29N3. The number of hydrogen-bond acceptors (Lipinski definition) is 3. The zero-order valence-electron chi connectivity index (χ0n) is 18.3. The van der Waals surface area contributed by atoms with Crippen LogP contribution < -0.4 is 10.2 Å². The third-order valence-corrected chi connectivity index (χ3v) is 6.01. The lowest BCUT2D eigenvalue weighted by atomic mass is 10.1. The van der Waals surface area contributed by atoms with Gasteiger partial charge in [-0.1, -0.05) is 84.9 Å². The zero-order chi connectivity index (χ0) is 21.6. The van der Waals surface area contributed by atoms with Gasteiger partial charge in [0.15, 0.2) is 0 Å². The highest BCUT2D eigenvalue weighted by molar-refractivity contribution is 5.91. The largest absolute Gasteiger partial charge is 0.352 e. The number of nitrogens with zero attached hydrogens (tertiary/aromatic N) is 2. The maximum atomic E-state index is 3.58. The van der Waals surface area contributed by atoms with E-state index in [0.29, 0.717) is 0 Å². The monoisotopic (exact) mass is 419 g/mol. The van der Waals surface area contributed by atoms with E-state index in [0.717, 1.165) is 32.6 Å². The van der Waals surface area contributed by atoms with Crippen molar-refractivity contribution in [3.8, 4) is 0 Å². The Morgan fingerprint density at radius 1 is 0.562 bits per heavy atom. The van der Waals surface area contributed by atoms with Gasteiger partial charge in [-0.15, -0.1) is 0 Å². The molecule has 5 rings (SSSR count). The maximum Gasteiger partial charge on any atom is 0.0650 e. The molecule has 1 aliphatic heterocycles. The van der Waals surface area contributed by atoms with Crippen molar-refractivity contribution in [2.75, 3.05) is 23.3 Å². The van der Waals surface area contributed by atoms with Crippen LogP contribution in [0.3, 0.4) is 0 Å². The summed E-state index contributed by atoms with van der Waals surface area (Å²) in [6.45, 7) is 3.95. The van der Waals surface area contributed by atoms with Crippen LogP contribution in [0.2, 0.25) is 0 Å². The summed E-state index contributed by atoms with van der Waals surface area (Å²) >= 11 is 0. The molecule has 0 unspecified atom stereocenters. The van der Waals surface area contributed by atoms with Crippen molar-refractivity contribution in [3.05, 3.63) is 120 Å². The summed E-state index contributed by atoms with van der Waals surface area (Å²) in [7, 11) is 0. The number of benzene rings is 4. The summed E-state index contributed by atoms with van der Waals surface area (Å²) in [6.07, 6.45) is 1.09. The second-order valence-corrected chi connectivity index (χ2v) is 8.35. The highest BCUT2D eigenvalue weighted by Crippen LogP contribution is 2.43. The molecule has 1 aliphatic rings. The van der Waals surface area contributed by atoms with Crippen LogP contribution in [0.15, 0.2) is 109 Å². The molecule has 0 aliphatic carbocycles. The summed E-state index contributed by atoms with van der Waals surface area (Å²) in [5.41, 5.74) is 7.59.